The molecule has 3 heterocycles. The molecule has 6 aromatic carbocycles. The maximum absolute atomic E-state index is 7.01. The van der Waals surface area contributed by atoms with E-state index in [1.54, 1.807) is 0 Å². The van der Waals surface area contributed by atoms with Crippen LogP contribution in [-0.2, 0) is 48.1 Å². The van der Waals surface area contributed by atoms with Crippen LogP contribution in [0.4, 0.5) is 22.7 Å². The Labute approximate surface area is 414 Å². The van der Waals surface area contributed by atoms with Crippen LogP contribution in [0.3, 0.4) is 0 Å². The molecule has 8 aromatic rings. The predicted molar refractivity (Wildman–Crippen MR) is 278 cm³/mol. The van der Waals surface area contributed by atoms with Crippen LogP contribution in [0.25, 0.3) is 27.6 Å². The van der Waals surface area contributed by atoms with Gasteiger partial charge in [-0.25, -0.2) is 4.98 Å². The number of pyridine rings is 1. The normalized spacial score (nSPS) is 13.6. The molecule has 6 heteroatoms. The van der Waals surface area contributed by atoms with Crippen molar-refractivity contribution < 1.29 is 25.8 Å². The molecule has 0 radical (unpaired) electrons. The largest absolute Gasteiger partial charge is 0.509 e. The Morgan fingerprint density at radius 3 is 1.75 bits per heavy atom. The first kappa shape index (κ1) is 47.8. The van der Waals surface area contributed by atoms with Gasteiger partial charge in [-0.2, -0.15) is 6.07 Å². The van der Waals surface area contributed by atoms with E-state index in [1.807, 2.05) is 12.3 Å². The van der Waals surface area contributed by atoms with Crippen LogP contribution in [-0.4, -0.2) is 9.55 Å². The summed E-state index contributed by atoms with van der Waals surface area (Å²) in [4.78, 5) is 9.55. The van der Waals surface area contributed by atoms with Gasteiger partial charge in [-0.05, 0) is 103 Å². The van der Waals surface area contributed by atoms with Crippen molar-refractivity contribution in [2.75, 3.05) is 9.80 Å². The summed E-state index contributed by atoms with van der Waals surface area (Å²) in [6.45, 7) is 33.9. The van der Waals surface area contributed by atoms with Crippen molar-refractivity contribution in [3.63, 3.8) is 0 Å². The summed E-state index contributed by atoms with van der Waals surface area (Å²) in [5.41, 5.74) is 13.2. The predicted octanol–water partition coefficient (Wildman–Crippen LogP) is 16.5. The second-order valence-corrected chi connectivity index (χ2v) is 22.9. The fraction of sp³-hybridized carbons (Fsp3) is 0.311. The first-order valence-corrected chi connectivity index (χ1v) is 23.4. The number of benzene rings is 6. The summed E-state index contributed by atoms with van der Waals surface area (Å²) in [5, 5.41) is 2.27. The minimum Gasteiger partial charge on any atom is -0.509 e. The topological polar surface area (TPSA) is 33.5 Å². The van der Waals surface area contributed by atoms with Gasteiger partial charge in [0, 0.05) is 61.3 Å². The minimum absolute atomic E-state index is 0. The number of anilines is 4. The van der Waals surface area contributed by atoms with Crippen LogP contribution >= 0.6 is 0 Å². The first-order valence-electron chi connectivity index (χ1n) is 23.4. The molecule has 348 valence electrons. The van der Waals surface area contributed by atoms with Gasteiger partial charge in [-0.3, -0.25) is 0 Å². The van der Waals surface area contributed by atoms with Crippen molar-refractivity contribution in [3.05, 3.63) is 186 Å². The average molecular weight is 1070 g/mol. The number of nitrogens with zero attached hydrogens (tertiary/aromatic N) is 4. The molecule has 2 aromatic heterocycles. The third kappa shape index (κ3) is 9.21. The van der Waals surface area contributed by atoms with Crippen molar-refractivity contribution in [1.82, 2.24) is 9.55 Å². The maximum Gasteiger partial charge on any atom is 0.135 e. The van der Waals surface area contributed by atoms with Gasteiger partial charge >= 0.3 is 0 Å². The smallest absolute Gasteiger partial charge is 0.135 e. The summed E-state index contributed by atoms with van der Waals surface area (Å²) in [6.07, 6.45) is 1.92. The Kier molecular flexibility index (Phi) is 12.2. The molecule has 0 spiro atoms. The van der Waals surface area contributed by atoms with Crippen molar-refractivity contribution in [1.29, 1.82) is 0 Å². The molecule has 0 unspecified atom stereocenters. The van der Waals surface area contributed by atoms with Crippen molar-refractivity contribution in [2.24, 2.45) is 0 Å². The summed E-state index contributed by atoms with van der Waals surface area (Å²) >= 11 is 0. The van der Waals surface area contributed by atoms with Crippen molar-refractivity contribution in [2.45, 2.75) is 124 Å². The van der Waals surface area contributed by atoms with Gasteiger partial charge in [-0.1, -0.05) is 163 Å². The molecule has 0 atom stereocenters. The molecule has 0 amide bonds. The number of rotatable bonds is 7. The van der Waals surface area contributed by atoms with Crippen LogP contribution in [0.5, 0.6) is 11.5 Å². The fourth-order valence-electron chi connectivity index (χ4n) is 9.06. The van der Waals surface area contributed by atoms with Gasteiger partial charge in [0.05, 0.1) is 0 Å². The fourth-order valence-corrected chi connectivity index (χ4v) is 9.06. The van der Waals surface area contributed by atoms with Gasteiger partial charge in [-0.15, -0.1) is 53.6 Å². The van der Waals surface area contributed by atoms with Crippen molar-refractivity contribution in [3.8, 4) is 17.3 Å². The minimum atomic E-state index is -0.362. The SMILES string of the molecule is CC(C)(C)c1ccc(N2[CH-]N(c3[c-]c(Oc4[c-]c5c(cc4)c4cc(C(C)(C)C)ccc4n5-c4cc(C(C)(C)C)ccn4)cc(C(C)(C)c4ccccc4)c3)c3ccc(C(C)(C)C)cc32)cc1.[Pt]. The standard InChI is InChI=1S/C61H65N4O.Pt/c1-57(2,3)40-20-24-46(25-21-40)63-39-64(53-29-23-43(35-55(53)63)59(7,8)9)47-32-45(61(13,14)41-18-16-15-17-19-41)33-49(37-47)66-48-26-27-50-51-34-42(58(4,5)6)22-28-52(51)65(54(50)38-48)56-36-44(30-31-62-56)60(10,11)12;/h15-36,39H,1-14H3;/q-3;. The zero-order valence-electron chi connectivity index (χ0n) is 41.8. The van der Waals surface area contributed by atoms with E-state index in [0.29, 0.717) is 11.5 Å². The summed E-state index contributed by atoms with van der Waals surface area (Å²) < 4.78 is 9.25. The monoisotopic (exact) mass is 1060 g/mol. The van der Waals surface area contributed by atoms with Crippen LogP contribution < -0.4 is 14.5 Å². The Morgan fingerprint density at radius 2 is 1.09 bits per heavy atom. The average Bonchev–Trinajstić information content (AvgIpc) is 3.81. The Morgan fingerprint density at radius 1 is 0.478 bits per heavy atom. The first-order chi connectivity index (χ1) is 31.0. The van der Waals surface area contributed by atoms with Gasteiger partial charge in [0.15, 0.2) is 0 Å². The molecule has 67 heavy (non-hydrogen) atoms. The molecule has 9 rings (SSSR count). The molecule has 0 N–H and O–H groups in total. The van der Waals surface area contributed by atoms with Crippen molar-refractivity contribution >= 4 is 44.6 Å². The van der Waals surface area contributed by atoms with E-state index >= 15 is 0 Å². The third-order valence-electron chi connectivity index (χ3n) is 13.5. The molecule has 5 nitrogen and oxygen atoms in total. The van der Waals surface area contributed by atoms with E-state index < -0.39 is 0 Å². The van der Waals surface area contributed by atoms with Gasteiger partial charge in [0.2, 0.25) is 0 Å². The van der Waals surface area contributed by atoms with E-state index in [-0.39, 0.29) is 48.1 Å². The van der Waals surface area contributed by atoms with E-state index in [0.717, 1.165) is 50.6 Å². The number of ether oxygens (including phenoxy) is 1. The quantitative estimate of drug-likeness (QED) is 0.149. The van der Waals surface area contributed by atoms with Crippen LogP contribution in [0, 0.1) is 18.8 Å². The van der Waals surface area contributed by atoms with E-state index in [1.165, 1.54) is 33.2 Å². The molecule has 0 aliphatic carbocycles. The van der Waals surface area contributed by atoms with Crippen LogP contribution in [0.15, 0.2) is 134 Å². The molecule has 0 saturated carbocycles. The van der Waals surface area contributed by atoms with E-state index in [4.69, 9.17) is 9.72 Å². The Balaban J connectivity index is 0.00000608. The Hall–Kier alpha value is -5.64. The Bertz CT molecular complexity index is 3100. The van der Waals surface area contributed by atoms with E-state index in [9.17, 15) is 0 Å². The molecule has 1 aliphatic heterocycles. The molecule has 0 bridgehead atoms. The molecule has 1 aliphatic rings. The van der Waals surface area contributed by atoms with Gasteiger partial charge in [0.1, 0.15) is 5.82 Å². The number of hydrogen-bond acceptors (Lipinski definition) is 4. The van der Waals surface area contributed by atoms with Crippen LogP contribution in [0.1, 0.15) is 130 Å². The number of fused-ring (bicyclic) bond motifs is 4. The van der Waals surface area contributed by atoms with Crippen LogP contribution in [0.2, 0.25) is 0 Å². The van der Waals surface area contributed by atoms with E-state index in [2.05, 4.69) is 251 Å². The molecular formula is C61H65N4OPt-3. The maximum atomic E-state index is 7.01. The summed E-state index contributed by atoms with van der Waals surface area (Å²) in [5.74, 6) is 2.07. The number of aromatic nitrogens is 2. The third-order valence-corrected chi connectivity index (χ3v) is 13.5. The zero-order valence-corrected chi connectivity index (χ0v) is 44.1. The molecular weight excluding hydrogens is 1000 g/mol. The van der Waals surface area contributed by atoms with Gasteiger partial charge < -0.3 is 19.1 Å². The summed E-state index contributed by atoms with van der Waals surface area (Å²) in [7, 11) is 0. The zero-order chi connectivity index (χ0) is 47.1. The second kappa shape index (κ2) is 17.1. The number of hydrogen-bond donors (Lipinski definition) is 0. The molecule has 0 saturated heterocycles. The summed E-state index contributed by atoms with van der Waals surface area (Å²) in [6, 6.07) is 53.9. The second-order valence-electron chi connectivity index (χ2n) is 22.9. The van der Waals surface area contributed by atoms with Gasteiger partial charge in [0.25, 0.3) is 0 Å². The molecule has 0 fully saturated rings.